The fourth-order valence-corrected chi connectivity index (χ4v) is 3.81. The van der Waals surface area contributed by atoms with Crippen LogP contribution in [-0.4, -0.2) is 27.2 Å². The van der Waals surface area contributed by atoms with Gasteiger partial charge < -0.3 is 5.73 Å². The molecule has 1 unspecified atom stereocenters. The lowest BCUT2D eigenvalue weighted by Gasteiger charge is -2.36. The van der Waals surface area contributed by atoms with Crippen molar-refractivity contribution < 1.29 is 9.59 Å². The van der Waals surface area contributed by atoms with Crippen LogP contribution < -0.4 is 11.2 Å². The Morgan fingerprint density at radius 1 is 1.29 bits per heavy atom. The summed E-state index contributed by atoms with van der Waals surface area (Å²) in [5, 5.41) is 0. The molecule has 1 aliphatic carbocycles. The molecule has 0 amide bonds. The zero-order valence-electron chi connectivity index (χ0n) is 14.7. The smallest absolute Gasteiger partial charge is 0.208 e. The number of Topliss-reactive ketones (excluding diaryl/α,β-unsaturated/α-hetero) is 2. The van der Waals surface area contributed by atoms with Gasteiger partial charge in [0.25, 0.3) is 0 Å². The summed E-state index contributed by atoms with van der Waals surface area (Å²) in [6.45, 7) is 7.87. The first kappa shape index (κ1) is 16.7. The molecule has 2 heterocycles. The molecule has 7 nitrogen and oxygen atoms in total. The summed E-state index contributed by atoms with van der Waals surface area (Å²) in [4.78, 5) is 34.4. The molecule has 3 N–H and O–H groups in total. The Kier molecular flexibility index (Phi) is 3.97. The lowest BCUT2D eigenvalue weighted by atomic mass is 9.69. The van der Waals surface area contributed by atoms with Crippen molar-refractivity contribution in [2.24, 2.45) is 22.1 Å². The number of ketones is 2. The topological polar surface area (TPSA) is 102 Å². The lowest BCUT2D eigenvalue weighted by molar-refractivity contribution is -0.140. The number of guanidine groups is 1. The second-order valence-corrected chi connectivity index (χ2v) is 7.58. The molecule has 1 aliphatic heterocycles. The molecule has 0 aromatic carbocycles. The van der Waals surface area contributed by atoms with Crippen LogP contribution in [0.3, 0.4) is 0 Å². The first-order valence-electron chi connectivity index (χ1n) is 8.47. The van der Waals surface area contributed by atoms with Gasteiger partial charge in [-0.25, -0.2) is 14.7 Å². The molecule has 7 heteroatoms. The number of nitrogens with two attached hydrogens (primary N) is 1. The molecule has 24 heavy (non-hydrogen) atoms. The number of hydrogen-bond donors (Lipinski definition) is 2. The maximum Gasteiger partial charge on any atom is 0.208 e. The van der Waals surface area contributed by atoms with Gasteiger partial charge in [-0.2, -0.15) is 0 Å². The van der Waals surface area contributed by atoms with E-state index in [4.69, 9.17) is 5.73 Å². The van der Waals surface area contributed by atoms with Gasteiger partial charge in [-0.15, -0.1) is 0 Å². The third-order valence-electron chi connectivity index (χ3n) is 4.74. The highest BCUT2D eigenvalue weighted by molar-refractivity contribution is 6.06. The number of nitrogens with one attached hydrogen (secondary N) is 1. The van der Waals surface area contributed by atoms with Gasteiger partial charge in [-0.3, -0.25) is 15.0 Å². The molecule has 2 aliphatic rings. The molecule has 0 spiro atoms. The Hall–Kier alpha value is -2.18. The van der Waals surface area contributed by atoms with Crippen LogP contribution in [0.2, 0.25) is 0 Å². The number of nitrogens with zero attached hydrogens (tertiary/aromatic N) is 3. The van der Waals surface area contributed by atoms with Gasteiger partial charge in [0.05, 0.1) is 11.4 Å². The number of carbonyl (C=O) groups is 2. The largest absolute Gasteiger partial charge is 0.369 e. The van der Waals surface area contributed by atoms with E-state index in [-0.39, 0.29) is 22.9 Å². The van der Waals surface area contributed by atoms with Crippen LogP contribution in [0.15, 0.2) is 4.99 Å². The van der Waals surface area contributed by atoms with Crippen molar-refractivity contribution in [1.29, 1.82) is 0 Å². The van der Waals surface area contributed by atoms with E-state index in [2.05, 4.69) is 22.3 Å². The maximum absolute atomic E-state index is 12.7. The zero-order valence-corrected chi connectivity index (χ0v) is 14.7. The minimum atomic E-state index is -0.762. The molecule has 1 fully saturated rings. The van der Waals surface area contributed by atoms with E-state index in [0.29, 0.717) is 12.8 Å². The van der Waals surface area contributed by atoms with Crippen LogP contribution >= 0.6 is 0 Å². The van der Waals surface area contributed by atoms with Crippen LogP contribution in [0, 0.1) is 18.3 Å². The van der Waals surface area contributed by atoms with Gasteiger partial charge in [0, 0.05) is 19.3 Å². The van der Waals surface area contributed by atoms with E-state index in [0.717, 1.165) is 30.1 Å². The molecule has 1 atom stereocenters. The molecule has 3 rings (SSSR count). The Labute approximate surface area is 141 Å². The molecule has 1 aromatic heterocycles. The number of rotatable bonds is 3. The van der Waals surface area contributed by atoms with Crippen LogP contribution in [0.4, 0.5) is 0 Å². The van der Waals surface area contributed by atoms with Crippen molar-refractivity contribution in [3.8, 4) is 0 Å². The molecule has 1 saturated carbocycles. The maximum atomic E-state index is 12.7. The van der Waals surface area contributed by atoms with E-state index >= 15 is 0 Å². The number of aliphatic imine (C=N–C) groups is 1. The summed E-state index contributed by atoms with van der Waals surface area (Å²) >= 11 is 0. The molecule has 0 radical (unpaired) electrons. The molecule has 0 saturated heterocycles. The van der Waals surface area contributed by atoms with Crippen molar-refractivity contribution >= 4 is 17.5 Å². The van der Waals surface area contributed by atoms with E-state index in [9.17, 15) is 9.59 Å². The average Bonchev–Trinajstić information content (AvgIpc) is 2.73. The first-order chi connectivity index (χ1) is 11.2. The lowest BCUT2D eigenvalue weighted by Crippen LogP contribution is -2.45. The summed E-state index contributed by atoms with van der Waals surface area (Å²) in [6, 6.07) is -0.583. The van der Waals surface area contributed by atoms with Crippen molar-refractivity contribution in [3.63, 3.8) is 0 Å². The predicted octanol–water partition coefficient (Wildman–Crippen LogP) is 1.63. The van der Waals surface area contributed by atoms with Gasteiger partial charge in [-0.05, 0) is 18.8 Å². The number of hydrogen-bond acceptors (Lipinski definition) is 6. The summed E-state index contributed by atoms with van der Waals surface area (Å²) < 4.78 is 1.81. The van der Waals surface area contributed by atoms with E-state index in [1.165, 1.54) is 0 Å². The molecule has 1 aromatic rings. The van der Waals surface area contributed by atoms with Crippen molar-refractivity contribution in [1.82, 2.24) is 9.66 Å². The Balaban J connectivity index is 2.04. The Bertz CT molecular complexity index is 712. The number of carbonyl (C=O) groups excluding carboxylic acids is 2. The van der Waals surface area contributed by atoms with E-state index in [1.54, 1.807) is 0 Å². The van der Waals surface area contributed by atoms with Crippen LogP contribution in [0.5, 0.6) is 0 Å². The fraction of sp³-hybridized carbons (Fsp3) is 0.647. The van der Waals surface area contributed by atoms with Gasteiger partial charge in [0.1, 0.15) is 29.4 Å². The van der Waals surface area contributed by atoms with Crippen molar-refractivity contribution in [2.45, 2.75) is 59.4 Å². The van der Waals surface area contributed by atoms with E-state index < -0.39 is 12.0 Å². The predicted molar refractivity (Wildman–Crippen MR) is 91.2 cm³/mol. The van der Waals surface area contributed by atoms with Crippen LogP contribution in [0.1, 0.15) is 63.3 Å². The number of imidazole rings is 1. The summed E-state index contributed by atoms with van der Waals surface area (Å²) in [5.74, 6) is 0.201. The number of aryl methyl sites for hydroxylation is 2. The zero-order chi connectivity index (χ0) is 17.6. The van der Waals surface area contributed by atoms with Crippen molar-refractivity contribution in [2.75, 3.05) is 5.43 Å². The highest BCUT2D eigenvalue weighted by Gasteiger charge is 2.46. The van der Waals surface area contributed by atoms with Crippen molar-refractivity contribution in [3.05, 3.63) is 17.2 Å². The van der Waals surface area contributed by atoms with Gasteiger partial charge in [-0.1, -0.05) is 20.8 Å². The Morgan fingerprint density at radius 3 is 2.50 bits per heavy atom. The highest BCUT2D eigenvalue weighted by atomic mass is 16.2. The van der Waals surface area contributed by atoms with Gasteiger partial charge in [0.15, 0.2) is 0 Å². The molecular weight excluding hydrogens is 306 g/mol. The molecular formula is C17H25N5O2. The quantitative estimate of drug-likeness (QED) is 0.820. The number of aromatic nitrogens is 2. The highest BCUT2D eigenvalue weighted by Crippen LogP contribution is 2.41. The fourth-order valence-electron chi connectivity index (χ4n) is 3.81. The SMILES string of the molecule is CCCc1nc(C)c2n1NC(N)=NC2C1C(=O)CC(C)(C)CC1=O. The first-order valence-corrected chi connectivity index (χ1v) is 8.47. The molecule has 0 bridgehead atoms. The van der Waals surface area contributed by atoms with Gasteiger partial charge >= 0.3 is 0 Å². The second kappa shape index (κ2) is 5.72. The van der Waals surface area contributed by atoms with Crippen LogP contribution in [0.25, 0.3) is 0 Å². The van der Waals surface area contributed by atoms with Gasteiger partial charge in [0.2, 0.25) is 5.96 Å². The average molecular weight is 331 g/mol. The summed E-state index contributed by atoms with van der Waals surface area (Å²) in [6.07, 6.45) is 2.50. The Morgan fingerprint density at radius 2 is 1.92 bits per heavy atom. The minimum Gasteiger partial charge on any atom is -0.369 e. The third kappa shape index (κ3) is 2.72. The third-order valence-corrected chi connectivity index (χ3v) is 4.74. The van der Waals surface area contributed by atoms with E-state index in [1.807, 2.05) is 25.4 Å². The second-order valence-electron chi connectivity index (χ2n) is 7.58. The summed E-state index contributed by atoms with van der Waals surface area (Å²) in [7, 11) is 0. The monoisotopic (exact) mass is 331 g/mol. The molecule has 130 valence electrons. The normalized spacial score (nSPS) is 23.7. The number of fused-ring (bicyclic) bond motifs is 1. The van der Waals surface area contributed by atoms with Crippen LogP contribution in [-0.2, 0) is 16.0 Å². The summed E-state index contributed by atoms with van der Waals surface area (Å²) in [5.41, 5.74) is 10.2. The minimum absolute atomic E-state index is 0.0520. The standard InChI is InChI=1S/C17H25N5O2/c1-5-6-12-19-9(2)15-14(20-16(18)21-22(12)15)13-10(23)7-17(3,4)8-11(13)24/h13-14H,5-8H2,1-4H3,(H3,18,20,21).